The molecule has 1 aromatic carbocycles. The zero-order valence-corrected chi connectivity index (χ0v) is 16.3. The summed E-state index contributed by atoms with van der Waals surface area (Å²) in [6, 6.07) is 10.5. The average molecular weight is 379 g/mol. The normalized spacial score (nSPS) is 15.1. The van der Waals surface area contributed by atoms with Crippen molar-refractivity contribution in [3.05, 3.63) is 42.2 Å². The van der Waals surface area contributed by atoms with Crippen LogP contribution in [0.5, 0.6) is 0 Å². The summed E-state index contributed by atoms with van der Waals surface area (Å²) >= 11 is 0. The number of ether oxygens (including phenoxy) is 1. The Morgan fingerprint density at radius 1 is 1.25 bits per heavy atom. The van der Waals surface area contributed by atoms with E-state index >= 15 is 0 Å². The van der Waals surface area contributed by atoms with Crippen LogP contribution < -0.4 is 0 Å². The van der Waals surface area contributed by atoms with E-state index in [0.717, 1.165) is 47.1 Å². The van der Waals surface area contributed by atoms with Crippen molar-refractivity contribution in [2.75, 3.05) is 19.7 Å². The van der Waals surface area contributed by atoms with Gasteiger partial charge in [-0.15, -0.1) is 5.10 Å². The largest absolute Gasteiger partial charge is 0.449 e. The summed E-state index contributed by atoms with van der Waals surface area (Å²) in [4.78, 5) is 18.2. The van der Waals surface area contributed by atoms with Crippen LogP contribution in [0.2, 0.25) is 0 Å². The number of likely N-dealkylation sites (tertiary alicyclic amines) is 1. The molecule has 0 atom stereocenters. The first kappa shape index (κ1) is 18.4. The molecule has 0 radical (unpaired) electrons. The van der Waals surface area contributed by atoms with Crippen molar-refractivity contribution < 1.29 is 9.53 Å². The zero-order valence-electron chi connectivity index (χ0n) is 16.3. The second kappa shape index (κ2) is 7.96. The molecule has 7 heteroatoms. The van der Waals surface area contributed by atoms with Crippen molar-refractivity contribution in [2.45, 2.75) is 39.2 Å². The predicted molar refractivity (Wildman–Crippen MR) is 107 cm³/mol. The monoisotopic (exact) mass is 379 g/mol. The molecule has 4 rings (SSSR count). The molecule has 2 aromatic heterocycles. The van der Waals surface area contributed by atoms with Crippen molar-refractivity contribution in [3.8, 4) is 11.1 Å². The molecule has 1 amide bonds. The highest BCUT2D eigenvalue weighted by atomic mass is 16.6. The van der Waals surface area contributed by atoms with E-state index in [-0.39, 0.29) is 12.1 Å². The lowest BCUT2D eigenvalue weighted by molar-refractivity contribution is 0.0878. The lowest BCUT2D eigenvalue weighted by Crippen LogP contribution is -2.39. The molecule has 0 aliphatic carbocycles. The summed E-state index contributed by atoms with van der Waals surface area (Å²) in [6.07, 6.45) is 4.14. The highest BCUT2D eigenvalue weighted by Gasteiger charge is 2.26. The Morgan fingerprint density at radius 2 is 2.07 bits per heavy atom. The van der Waals surface area contributed by atoms with E-state index in [1.54, 1.807) is 11.1 Å². The molecular formula is C21H25N5O2. The van der Waals surface area contributed by atoms with Gasteiger partial charge < -0.3 is 9.64 Å². The number of rotatable bonds is 4. The van der Waals surface area contributed by atoms with Gasteiger partial charge in [-0.1, -0.05) is 24.3 Å². The molecule has 7 nitrogen and oxygen atoms in total. The van der Waals surface area contributed by atoms with Gasteiger partial charge in [-0.3, -0.25) is 4.98 Å². The molecule has 28 heavy (non-hydrogen) atoms. The van der Waals surface area contributed by atoms with E-state index in [4.69, 9.17) is 4.74 Å². The molecule has 1 fully saturated rings. The van der Waals surface area contributed by atoms with Crippen molar-refractivity contribution in [1.29, 1.82) is 0 Å². The smallest absolute Gasteiger partial charge is 0.409 e. The van der Waals surface area contributed by atoms with Gasteiger partial charge in [-0.25, -0.2) is 9.48 Å². The fourth-order valence-electron chi connectivity index (χ4n) is 3.74. The van der Waals surface area contributed by atoms with Crippen LogP contribution in [0.4, 0.5) is 4.79 Å². The topological polar surface area (TPSA) is 73.1 Å². The van der Waals surface area contributed by atoms with Gasteiger partial charge >= 0.3 is 6.09 Å². The van der Waals surface area contributed by atoms with Gasteiger partial charge in [0.2, 0.25) is 0 Å². The average Bonchev–Trinajstić information content (AvgIpc) is 3.15. The van der Waals surface area contributed by atoms with Gasteiger partial charge in [0.05, 0.1) is 18.2 Å². The Hall–Kier alpha value is -2.96. The number of aryl methyl sites for hydroxylation is 1. The second-order valence-electron chi connectivity index (χ2n) is 7.21. The SMILES string of the molecule is CCCOC(=O)N1CCC(n2nnc3cc(-c4cccnc4C)ccc32)CC1. The highest BCUT2D eigenvalue weighted by molar-refractivity contribution is 5.82. The number of hydrogen-bond donors (Lipinski definition) is 0. The van der Waals surface area contributed by atoms with Gasteiger partial charge in [0.1, 0.15) is 5.52 Å². The number of fused-ring (bicyclic) bond motifs is 1. The minimum Gasteiger partial charge on any atom is -0.449 e. The Balaban J connectivity index is 1.50. The van der Waals surface area contributed by atoms with Crippen LogP contribution in [0.3, 0.4) is 0 Å². The van der Waals surface area contributed by atoms with Crippen LogP contribution in [0.1, 0.15) is 37.9 Å². The van der Waals surface area contributed by atoms with Crippen LogP contribution in [0, 0.1) is 6.92 Å². The first-order valence-electron chi connectivity index (χ1n) is 9.86. The molecule has 1 aliphatic rings. The summed E-state index contributed by atoms with van der Waals surface area (Å²) in [5.41, 5.74) is 5.11. The van der Waals surface area contributed by atoms with Gasteiger partial charge in [0, 0.05) is 30.5 Å². The van der Waals surface area contributed by atoms with Gasteiger partial charge in [0.15, 0.2) is 0 Å². The number of benzene rings is 1. The Kier molecular flexibility index (Phi) is 5.23. The summed E-state index contributed by atoms with van der Waals surface area (Å²) in [6.45, 7) is 5.85. The third-order valence-corrected chi connectivity index (χ3v) is 5.29. The van der Waals surface area contributed by atoms with E-state index in [9.17, 15) is 4.79 Å². The molecule has 0 spiro atoms. The lowest BCUT2D eigenvalue weighted by atomic mass is 10.0. The standard InChI is InChI=1S/C21H25N5O2/c1-3-13-28-21(27)25-11-8-17(9-12-25)26-20-7-6-16(14-19(20)23-24-26)18-5-4-10-22-15(18)2/h4-7,10,14,17H,3,8-9,11-13H2,1-2H3. The third-order valence-electron chi connectivity index (χ3n) is 5.29. The number of carbonyl (C=O) groups excluding carboxylic acids is 1. The number of amides is 1. The number of hydrogen-bond acceptors (Lipinski definition) is 5. The predicted octanol–water partition coefficient (Wildman–Crippen LogP) is 3.99. The Morgan fingerprint density at radius 3 is 2.82 bits per heavy atom. The van der Waals surface area contributed by atoms with E-state index in [0.29, 0.717) is 19.7 Å². The third kappa shape index (κ3) is 3.56. The van der Waals surface area contributed by atoms with E-state index < -0.39 is 0 Å². The second-order valence-corrected chi connectivity index (χ2v) is 7.21. The van der Waals surface area contributed by atoms with E-state index in [2.05, 4.69) is 39.6 Å². The minimum atomic E-state index is -0.208. The number of pyridine rings is 1. The highest BCUT2D eigenvalue weighted by Crippen LogP contribution is 2.29. The zero-order chi connectivity index (χ0) is 19.5. The molecule has 3 heterocycles. The fourth-order valence-corrected chi connectivity index (χ4v) is 3.74. The minimum absolute atomic E-state index is 0.208. The Bertz CT molecular complexity index is 976. The maximum absolute atomic E-state index is 12.0. The lowest BCUT2D eigenvalue weighted by Gasteiger charge is -2.31. The van der Waals surface area contributed by atoms with E-state index in [1.165, 1.54) is 0 Å². The van der Waals surface area contributed by atoms with Gasteiger partial charge in [0.25, 0.3) is 0 Å². The van der Waals surface area contributed by atoms with Crippen molar-refractivity contribution in [2.24, 2.45) is 0 Å². The molecular weight excluding hydrogens is 354 g/mol. The number of carbonyl (C=O) groups is 1. The molecule has 1 aliphatic heterocycles. The van der Waals surface area contributed by atoms with Crippen molar-refractivity contribution in [3.63, 3.8) is 0 Å². The molecule has 0 bridgehead atoms. The molecule has 0 unspecified atom stereocenters. The molecule has 146 valence electrons. The Labute approximate surface area is 164 Å². The quantitative estimate of drug-likeness (QED) is 0.685. The van der Waals surface area contributed by atoms with Crippen LogP contribution in [-0.4, -0.2) is 50.7 Å². The van der Waals surface area contributed by atoms with E-state index in [1.807, 2.05) is 24.6 Å². The van der Waals surface area contributed by atoms with Crippen LogP contribution >= 0.6 is 0 Å². The maximum atomic E-state index is 12.0. The fraction of sp³-hybridized carbons (Fsp3) is 0.429. The van der Waals surface area contributed by atoms with Crippen LogP contribution in [-0.2, 0) is 4.74 Å². The number of nitrogens with zero attached hydrogens (tertiary/aromatic N) is 5. The van der Waals surface area contributed by atoms with Crippen LogP contribution in [0.25, 0.3) is 22.2 Å². The first-order chi connectivity index (χ1) is 13.7. The van der Waals surface area contributed by atoms with Crippen molar-refractivity contribution >= 4 is 17.1 Å². The van der Waals surface area contributed by atoms with Crippen LogP contribution in [0.15, 0.2) is 36.5 Å². The summed E-state index contributed by atoms with van der Waals surface area (Å²) < 4.78 is 7.24. The summed E-state index contributed by atoms with van der Waals surface area (Å²) in [7, 11) is 0. The molecule has 0 saturated carbocycles. The molecule has 0 N–H and O–H groups in total. The molecule has 3 aromatic rings. The molecule has 1 saturated heterocycles. The first-order valence-corrected chi connectivity index (χ1v) is 9.86. The van der Waals surface area contributed by atoms with Crippen molar-refractivity contribution in [1.82, 2.24) is 24.9 Å². The summed E-state index contributed by atoms with van der Waals surface area (Å²) in [5.74, 6) is 0. The number of aromatic nitrogens is 4. The van der Waals surface area contributed by atoms with Gasteiger partial charge in [-0.2, -0.15) is 0 Å². The number of piperidine rings is 1. The summed E-state index contributed by atoms with van der Waals surface area (Å²) in [5, 5.41) is 8.80. The van der Waals surface area contributed by atoms with Gasteiger partial charge in [-0.05, 0) is 49.9 Å². The maximum Gasteiger partial charge on any atom is 0.409 e.